The number of ether oxygens (including phenoxy) is 3. The maximum atomic E-state index is 13.3. The van der Waals surface area contributed by atoms with Crippen molar-refractivity contribution in [1.82, 2.24) is 0 Å². The first kappa shape index (κ1) is 20.2. The molecule has 0 bridgehead atoms. The average Bonchev–Trinajstić information content (AvgIpc) is 2.98. The Morgan fingerprint density at radius 3 is 2.38 bits per heavy atom. The molecule has 3 rings (SSSR count). The number of methoxy groups -OCH3 is 2. The molecule has 0 aromatic heterocycles. The van der Waals surface area contributed by atoms with Gasteiger partial charge in [0.15, 0.2) is 0 Å². The molecule has 0 spiro atoms. The summed E-state index contributed by atoms with van der Waals surface area (Å²) >= 11 is 0. The van der Waals surface area contributed by atoms with Crippen LogP contribution in [-0.4, -0.2) is 32.7 Å². The minimum Gasteiger partial charge on any atom is -0.496 e. The molecule has 0 aliphatic carbocycles. The van der Waals surface area contributed by atoms with Crippen LogP contribution in [-0.2, 0) is 14.3 Å². The number of rotatable bonds is 6. The lowest BCUT2D eigenvalue weighted by atomic mass is 10.0. The first-order chi connectivity index (χ1) is 14.0. The SMILES string of the molecule is CCOc1ccc(N2C(=O)/C(=C\c3ccccc3OC)C(C(=O)OC)=C2C)cc1. The zero-order valence-corrected chi connectivity index (χ0v) is 16.9. The van der Waals surface area contributed by atoms with E-state index < -0.39 is 5.97 Å². The third-order valence-electron chi connectivity index (χ3n) is 4.63. The van der Waals surface area contributed by atoms with Crippen molar-refractivity contribution in [3.05, 3.63) is 70.9 Å². The highest BCUT2D eigenvalue weighted by atomic mass is 16.5. The van der Waals surface area contributed by atoms with Crippen LogP contribution in [0.15, 0.2) is 65.4 Å². The van der Waals surface area contributed by atoms with Crippen molar-refractivity contribution < 1.29 is 23.8 Å². The standard InChI is InChI=1S/C23H23NO5/c1-5-29-18-12-10-17(11-13-18)24-15(2)21(23(26)28-4)19(22(24)25)14-16-8-6-7-9-20(16)27-3/h6-14H,5H2,1-4H3/b19-14-. The molecule has 6 heteroatoms. The molecule has 0 atom stereocenters. The lowest BCUT2D eigenvalue weighted by molar-refractivity contribution is -0.136. The van der Waals surface area contributed by atoms with Gasteiger partial charge in [0.1, 0.15) is 11.5 Å². The number of benzene rings is 2. The molecule has 0 fully saturated rings. The van der Waals surface area contributed by atoms with E-state index in [0.717, 1.165) is 0 Å². The van der Waals surface area contributed by atoms with Crippen LogP contribution in [0.3, 0.4) is 0 Å². The van der Waals surface area contributed by atoms with Crippen molar-refractivity contribution in [3.63, 3.8) is 0 Å². The van der Waals surface area contributed by atoms with E-state index in [1.165, 1.54) is 12.0 Å². The zero-order valence-electron chi connectivity index (χ0n) is 16.9. The molecule has 0 radical (unpaired) electrons. The third-order valence-corrected chi connectivity index (χ3v) is 4.63. The van der Waals surface area contributed by atoms with Gasteiger partial charge in [-0.2, -0.15) is 0 Å². The summed E-state index contributed by atoms with van der Waals surface area (Å²) < 4.78 is 15.8. The number of carbonyl (C=O) groups is 2. The van der Waals surface area contributed by atoms with E-state index in [1.807, 2.05) is 25.1 Å². The Bertz CT molecular complexity index is 989. The first-order valence-corrected chi connectivity index (χ1v) is 9.23. The Hall–Kier alpha value is -3.54. The molecule has 0 saturated carbocycles. The number of allylic oxidation sites excluding steroid dienone is 1. The number of anilines is 1. The van der Waals surface area contributed by atoms with E-state index in [1.54, 1.807) is 50.4 Å². The van der Waals surface area contributed by atoms with Crippen LogP contribution in [0.4, 0.5) is 5.69 Å². The number of hydrogen-bond donors (Lipinski definition) is 0. The number of hydrogen-bond acceptors (Lipinski definition) is 5. The predicted molar refractivity (Wildman–Crippen MR) is 111 cm³/mol. The van der Waals surface area contributed by atoms with E-state index in [0.29, 0.717) is 35.1 Å². The van der Waals surface area contributed by atoms with Crippen LogP contribution in [0, 0.1) is 0 Å². The van der Waals surface area contributed by atoms with Crippen LogP contribution < -0.4 is 14.4 Å². The van der Waals surface area contributed by atoms with Gasteiger partial charge in [-0.25, -0.2) is 4.79 Å². The van der Waals surface area contributed by atoms with Gasteiger partial charge in [-0.05, 0) is 50.3 Å². The number of amides is 1. The van der Waals surface area contributed by atoms with Gasteiger partial charge < -0.3 is 14.2 Å². The maximum Gasteiger partial charge on any atom is 0.340 e. The van der Waals surface area contributed by atoms with Gasteiger partial charge in [0.05, 0.1) is 32.0 Å². The van der Waals surface area contributed by atoms with Crippen molar-refractivity contribution in [3.8, 4) is 11.5 Å². The Labute approximate surface area is 170 Å². The van der Waals surface area contributed by atoms with Crippen molar-refractivity contribution in [2.24, 2.45) is 0 Å². The summed E-state index contributed by atoms with van der Waals surface area (Å²) in [6.07, 6.45) is 1.66. The Morgan fingerprint density at radius 2 is 1.76 bits per heavy atom. The quantitative estimate of drug-likeness (QED) is 0.549. The molecule has 6 nitrogen and oxygen atoms in total. The number of nitrogens with zero attached hydrogens (tertiary/aromatic N) is 1. The molecule has 0 N–H and O–H groups in total. The minimum absolute atomic E-state index is 0.234. The van der Waals surface area contributed by atoms with Crippen LogP contribution in [0.5, 0.6) is 11.5 Å². The smallest absolute Gasteiger partial charge is 0.340 e. The second kappa shape index (κ2) is 8.65. The molecular weight excluding hydrogens is 370 g/mol. The largest absolute Gasteiger partial charge is 0.496 e. The van der Waals surface area contributed by atoms with Gasteiger partial charge >= 0.3 is 5.97 Å². The Morgan fingerprint density at radius 1 is 1.07 bits per heavy atom. The molecular formula is C23H23NO5. The lowest BCUT2D eigenvalue weighted by Gasteiger charge is -2.18. The topological polar surface area (TPSA) is 65.1 Å². The summed E-state index contributed by atoms with van der Waals surface area (Å²) in [6.45, 7) is 4.19. The lowest BCUT2D eigenvalue weighted by Crippen LogP contribution is -2.24. The normalized spacial score (nSPS) is 15.1. The van der Waals surface area contributed by atoms with Crippen molar-refractivity contribution >= 4 is 23.6 Å². The van der Waals surface area contributed by atoms with E-state index in [9.17, 15) is 9.59 Å². The van der Waals surface area contributed by atoms with E-state index in [2.05, 4.69) is 0 Å². The summed E-state index contributed by atoms with van der Waals surface area (Å²) in [5.74, 6) is 0.445. The second-order valence-electron chi connectivity index (χ2n) is 6.32. The summed E-state index contributed by atoms with van der Waals surface area (Å²) in [5.41, 5.74) is 2.33. The third kappa shape index (κ3) is 3.87. The highest BCUT2D eigenvalue weighted by molar-refractivity contribution is 6.23. The average molecular weight is 393 g/mol. The highest BCUT2D eigenvalue weighted by Gasteiger charge is 2.38. The first-order valence-electron chi connectivity index (χ1n) is 9.23. The minimum atomic E-state index is -0.564. The van der Waals surface area contributed by atoms with Crippen LogP contribution in [0.25, 0.3) is 6.08 Å². The van der Waals surface area contributed by atoms with Gasteiger partial charge in [0, 0.05) is 16.9 Å². The van der Waals surface area contributed by atoms with Gasteiger partial charge in [0.25, 0.3) is 5.91 Å². The van der Waals surface area contributed by atoms with Crippen molar-refractivity contribution in [1.29, 1.82) is 0 Å². The number of para-hydroxylation sites is 1. The number of carbonyl (C=O) groups excluding carboxylic acids is 2. The van der Waals surface area contributed by atoms with Gasteiger partial charge in [-0.3, -0.25) is 9.69 Å². The Kier molecular flexibility index (Phi) is 6.02. The van der Waals surface area contributed by atoms with E-state index in [-0.39, 0.29) is 17.1 Å². The molecule has 150 valence electrons. The number of esters is 1. The van der Waals surface area contributed by atoms with Crippen molar-refractivity contribution in [2.45, 2.75) is 13.8 Å². The molecule has 1 amide bonds. The second-order valence-corrected chi connectivity index (χ2v) is 6.32. The molecule has 0 unspecified atom stereocenters. The van der Waals surface area contributed by atoms with Gasteiger partial charge in [0.2, 0.25) is 0 Å². The van der Waals surface area contributed by atoms with Crippen molar-refractivity contribution in [2.75, 3.05) is 25.7 Å². The summed E-state index contributed by atoms with van der Waals surface area (Å²) in [4.78, 5) is 27.3. The summed E-state index contributed by atoms with van der Waals surface area (Å²) in [5, 5.41) is 0. The van der Waals surface area contributed by atoms with Crippen LogP contribution in [0.1, 0.15) is 19.4 Å². The van der Waals surface area contributed by atoms with Crippen LogP contribution in [0.2, 0.25) is 0 Å². The van der Waals surface area contributed by atoms with E-state index in [4.69, 9.17) is 14.2 Å². The summed E-state index contributed by atoms with van der Waals surface area (Å²) in [6, 6.07) is 14.4. The van der Waals surface area contributed by atoms with Gasteiger partial charge in [-0.15, -0.1) is 0 Å². The fourth-order valence-corrected chi connectivity index (χ4v) is 3.29. The molecule has 1 aliphatic rings. The molecule has 29 heavy (non-hydrogen) atoms. The summed E-state index contributed by atoms with van der Waals surface area (Å²) in [7, 11) is 2.86. The molecule has 1 heterocycles. The predicted octanol–water partition coefficient (Wildman–Crippen LogP) is 3.97. The fraction of sp³-hybridized carbons (Fsp3) is 0.217. The Balaban J connectivity index is 2.09. The zero-order chi connectivity index (χ0) is 21.0. The molecule has 2 aromatic carbocycles. The van der Waals surface area contributed by atoms with E-state index >= 15 is 0 Å². The fourth-order valence-electron chi connectivity index (χ4n) is 3.29. The highest BCUT2D eigenvalue weighted by Crippen LogP contribution is 2.36. The molecule has 0 saturated heterocycles. The van der Waals surface area contributed by atoms with Crippen LogP contribution >= 0.6 is 0 Å². The maximum absolute atomic E-state index is 13.3. The molecule has 1 aliphatic heterocycles. The molecule has 2 aromatic rings. The van der Waals surface area contributed by atoms with Gasteiger partial charge in [-0.1, -0.05) is 18.2 Å². The monoisotopic (exact) mass is 393 g/mol.